The van der Waals surface area contributed by atoms with Crippen molar-refractivity contribution in [2.75, 3.05) is 24.7 Å². The first kappa shape index (κ1) is 49.1. The molecule has 232 valence electrons. The fourth-order valence-corrected chi connectivity index (χ4v) is 3.07. The predicted octanol–water partition coefficient (Wildman–Crippen LogP) is 9.29. The van der Waals surface area contributed by atoms with E-state index in [0.717, 1.165) is 38.5 Å². The molecule has 0 rings (SSSR count). The van der Waals surface area contributed by atoms with E-state index in [1.807, 2.05) is 0 Å². The molecule has 0 atom stereocenters. The molecule has 0 bridgehead atoms. The van der Waals surface area contributed by atoms with E-state index >= 15 is 0 Å². The summed E-state index contributed by atoms with van der Waals surface area (Å²) < 4.78 is 9.79. The van der Waals surface area contributed by atoms with Gasteiger partial charge in [-0.2, -0.15) is 0 Å². The number of carbonyl (C=O) groups is 2. The molecule has 0 aliphatic carbocycles. The Hall–Kier alpha value is 0.439. The molecular formula is C32H64O4S2Sn. The maximum atomic E-state index is 11.1. The third-order valence-corrected chi connectivity index (χ3v) is 5.70. The summed E-state index contributed by atoms with van der Waals surface area (Å²) >= 11 is 9.38. The van der Waals surface area contributed by atoms with Gasteiger partial charge in [-0.05, 0) is 12.8 Å². The molecule has 0 fully saturated rings. The van der Waals surface area contributed by atoms with Crippen molar-refractivity contribution in [3.05, 3.63) is 13.8 Å². The van der Waals surface area contributed by atoms with Crippen LogP contribution in [0.15, 0.2) is 0 Å². The van der Waals surface area contributed by atoms with E-state index in [1.54, 1.807) is 0 Å². The van der Waals surface area contributed by atoms with Gasteiger partial charge in [0.2, 0.25) is 0 Å². The molecular weight excluding hydrogens is 631 g/mol. The molecule has 0 saturated carbocycles. The third-order valence-electron chi connectivity index (χ3n) is 5.37. The molecule has 0 aliphatic heterocycles. The Labute approximate surface area is 273 Å². The van der Waals surface area contributed by atoms with Crippen molar-refractivity contribution in [3.8, 4) is 0 Å². The van der Waals surface area contributed by atoms with Crippen molar-refractivity contribution >= 4 is 61.1 Å². The van der Waals surface area contributed by atoms with Crippen LogP contribution in [0.1, 0.15) is 156 Å². The van der Waals surface area contributed by atoms with Gasteiger partial charge in [0.25, 0.3) is 0 Å². The van der Waals surface area contributed by atoms with Gasteiger partial charge in [-0.3, -0.25) is 9.59 Å². The minimum absolute atomic E-state index is 0. The molecule has 0 aromatic rings. The summed E-state index contributed by atoms with van der Waals surface area (Å²) in [5.41, 5.74) is 0. The zero-order valence-corrected chi connectivity index (χ0v) is 30.8. The normalized spacial score (nSPS) is 9.44. The second-order valence-corrected chi connectivity index (χ2v) is 10.1. The number of hydrogen-bond acceptors (Lipinski definition) is 6. The van der Waals surface area contributed by atoms with Crippen LogP contribution in [-0.4, -0.2) is 60.6 Å². The van der Waals surface area contributed by atoms with Crippen LogP contribution < -0.4 is 0 Å². The van der Waals surface area contributed by atoms with Gasteiger partial charge >= 0.3 is 35.8 Å². The van der Waals surface area contributed by atoms with E-state index in [4.69, 9.17) is 9.47 Å². The predicted molar refractivity (Wildman–Crippen MR) is 178 cm³/mol. The topological polar surface area (TPSA) is 52.6 Å². The van der Waals surface area contributed by atoms with Crippen LogP contribution in [0.3, 0.4) is 0 Å². The molecule has 0 amide bonds. The van der Waals surface area contributed by atoms with Gasteiger partial charge in [0.15, 0.2) is 0 Å². The number of carbonyl (C=O) groups excluding carboxylic acids is 2. The van der Waals surface area contributed by atoms with Crippen LogP contribution in [0.5, 0.6) is 0 Å². The molecule has 4 nitrogen and oxygen atoms in total. The van der Waals surface area contributed by atoms with E-state index in [9.17, 15) is 9.59 Å². The third kappa shape index (κ3) is 63.1. The van der Waals surface area contributed by atoms with Gasteiger partial charge in [0, 0.05) is 12.8 Å². The van der Waals surface area contributed by atoms with Crippen LogP contribution in [0.4, 0.5) is 0 Å². The van der Waals surface area contributed by atoms with Crippen LogP contribution in [0.2, 0.25) is 0 Å². The maximum absolute atomic E-state index is 11.1. The molecule has 0 aromatic carbocycles. The summed E-state index contributed by atoms with van der Waals surface area (Å²) in [5.74, 6) is 0.827. The van der Waals surface area contributed by atoms with E-state index in [0.29, 0.717) is 37.6 Å². The van der Waals surface area contributed by atoms with Crippen molar-refractivity contribution in [1.82, 2.24) is 0 Å². The van der Waals surface area contributed by atoms with Crippen LogP contribution in [-0.2, 0) is 44.3 Å². The zero-order chi connectivity index (χ0) is 29.5. The quantitative estimate of drug-likeness (QED) is 0.0487. The second kappa shape index (κ2) is 51.2. The smallest absolute Gasteiger partial charge is 0.789 e. The van der Waals surface area contributed by atoms with Gasteiger partial charge in [-0.1, -0.05) is 144 Å². The number of unbranched alkanes of at least 4 members (excludes halogenated alkanes) is 14. The van der Waals surface area contributed by atoms with Crippen molar-refractivity contribution in [1.29, 1.82) is 0 Å². The van der Waals surface area contributed by atoms with Crippen molar-refractivity contribution in [2.24, 2.45) is 0 Å². The number of rotatable bonds is 22. The first-order valence-electron chi connectivity index (χ1n) is 15.5. The molecule has 39 heavy (non-hydrogen) atoms. The Kier molecular flexibility index (Phi) is 64.5. The molecule has 7 heteroatoms. The molecule has 0 spiro atoms. The minimum atomic E-state index is -0.0894. The van der Waals surface area contributed by atoms with Crippen molar-refractivity contribution in [3.63, 3.8) is 0 Å². The average molecular weight is 696 g/mol. The number of hydrogen-bond donors (Lipinski definition) is 0. The Balaban J connectivity index is -0.000000152. The second-order valence-electron chi connectivity index (χ2n) is 9.30. The van der Waals surface area contributed by atoms with E-state index in [1.165, 1.54) is 77.0 Å². The Morgan fingerprint density at radius 2 is 0.769 bits per heavy atom. The van der Waals surface area contributed by atoms with Crippen molar-refractivity contribution in [2.45, 2.75) is 156 Å². The van der Waals surface area contributed by atoms with Gasteiger partial charge in [0.05, 0.1) is 13.2 Å². The molecule has 4 radical (unpaired) electrons. The SMILES string of the molecule is CCCCCCCCCC(=O)OCC[S-].CCCCCCCCCC(=O)OCC[S-].[CH2]CCC.[CH2]CCC.[Sn+2]. The molecule has 0 unspecified atom stereocenters. The summed E-state index contributed by atoms with van der Waals surface area (Å²) in [7, 11) is 0. The fourth-order valence-electron chi connectivity index (χ4n) is 2.91. The van der Waals surface area contributed by atoms with Gasteiger partial charge in [-0.15, -0.1) is 11.5 Å². The summed E-state index contributed by atoms with van der Waals surface area (Å²) in [5, 5.41) is 0. The Morgan fingerprint density at radius 1 is 0.513 bits per heavy atom. The summed E-state index contributed by atoms with van der Waals surface area (Å²) in [6.07, 6.45) is 22.9. The summed E-state index contributed by atoms with van der Waals surface area (Å²) in [6.45, 7) is 16.7. The fraction of sp³-hybridized carbons (Fsp3) is 0.875. The first-order chi connectivity index (χ1) is 18.4. The van der Waals surface area contributed by atoms with Gasteiger partial charge in [-0.25, -0.2) is 0 Å². The first-order valence-corrected chi connectivity index (χ1v) is 16.7. The van der Waals surface area contributed by atoms with E-state index < -0.39 is 0 Å². The Bertz CT molecular complexity index is 385. The van der Waals surface area contributed by atoms with E-state index in [2.05, 4.69) is 66.8 Å². The molecule has 0 saturated heterocycles. The summed E-state index contributed by atoms with van der Waals surface area (Å²) in [4.78, 5) is 22.1. The molecule has 0 aliphatic rings. The molecule has 0 N–H and O–H groups in total. The van der Waals surface area contributed by atoms with Crippen molar-refractivity contribution < 1.29 is 19.1 Å². The van der Waals surface area contributed by atoms with Crippen LogP contribution >= 0.6 is 0 Å². The Morgan fingerprint density at radius 3 is 1.00 bits per heavy atom. The maximum Gasteiger partial charge on any atom is 2.00 e. The number of esters is 2. The largest absolute Gasteiger partial charge is 2.00 e. The average Bonchev–Trinajstić information content (AvgIpc) is 2.94. The van der Waals surface area contributed by atoms with Gasteiger partial charge in [0.1, 0.15) is 0 Å². The minimum Gasteiger partial charge on any atom is -0.789 e. The molecule has 0 aromatic heterocycles. The number of ether oxygens (including phenoxy) is 2. The van der Waals surface area contributed by atoms with Crippen LogP contribution in [0, 0.1) is 13.8 Å². The summed E-state index contributed by atoms with van der Waals surface area (Å²) in [6, 6.07) is 0. The molecule has 0 heterocycles. The van der Waals surface area contributed by atoms with Gasteiger partial charge < -0.3 is 34.7 Å². The van der Waals surface area contributed by atoms with Crippen LogP contribution in [0.25, 0.3) is 0 Å². The monoisotopic (exact) mass is 696 g/mol. The van der Waals surface area contributed by atoms with E-state index in [-0.39, 0.29) is 35.8 Å². The zero-order valence-electron chi connectivity index (χ0n) is 26.3. The standard InChI is InChI=1S/2C12H24O2S.2C4H9.Sn/c2*1-2-3-4-5-6-7-8-9-12(13)14-10-11-15;2*1-3-4-2;/h2*15H,2-11H2,1H3;2*1,3-4H2,2H3;/q;;;;+2/p-2.